The van der Waals surface area contributed by atoms with Crippen LogP contribution in [0, 0.1) is 0 Å². The van der Waals surface area contributed by atoms with Gasteiger partial charge >= 0.3 is 314 Å². The van der Waals surface area contributed by atoms with E-state index in [-0.39, 0.29) is 28.7 Å². The zero-order chi connectivity index (χ0) is 37.8. The van der Waals surface area contributed by atoms with Crippen molar-refractivity contribution in [3.63, 3.8) is 0 Å². The van der Waals surface area contributed by atoms with E-state index in [2.05, 4.69) is 4.86 Å². The predicted octanol–water partition coefficient (Wildman–Crippen LogP) is 8.48. The minimum atomic E-state index is -5.51. The molecule has 6 aromatic rings. The molecule has 0 saturated heterocycles. The van der Waals surface area contributed by atoms with Crippen LogP contribution in [-0.2, 0) is 0 Å². The number of phenols is 1. The van der Waals surface area contributed by atoms with E-state index >= 15 is 0 Å². The number of hydrogen-bond acceptors (Lipinski definition) is 15. The molecule has 0 amide bonds. The van der Waals surface area contributed by atoms with Gasteiger partial charge in [-0.25, -0.2) is 0 Å². The van der Waals surface area contributed by atoms with Crippen LogP contribution in [0.15, 0.2) is 150 Å². The van der Waals surface area contributed by atoms with Gasteiger partial charge in [-0.2, -0.15) is 0 Å². The summed E-state index contributed by atoms with van der Waals surface area (Å²) in [5, 5.41) is 10.3. The average molecular weight is 787 g/mol. The van der Waals surface area contributed by atoms with Gasteiger partial charge in [0.05, 0.1) is 0 Å². The van der Waals surface area contributed by atoms with Crippen LogP contribution >= 0.6 is 24.1 Å². The van der Waals surface area contributed by atoms with Crippen molar-refractivity contribution >= 4 is 52.6 Å². The predicted molar refractivity (Wildman–Crippen MR) is 216 cm³/mol. The fraction of sp³-hybridized carbons (Fsp3) is 0. The number of anilines is 5. The standard InChI is InChI=1S/C36H37N8O7P3/c37-25-1-13-31(14-2-25)46-44-53(47-32-15-3-26(38)4-16-32,48-33-17-5-27(39)6-18-33)42-52-43-54(44,49-34-19-7-28(40)8-20-34,50-35-21-9-29(41)10-22-35)51-36-23-11-30(45)12-24-36/h1-24,43,45,52H,37-41H2. The number of rotatable bonds is 12. The molecule has 278 valence electrons. The molecule has 1 heterocycles. The molecule has 7 rings (SSSR count). The summed E-state index contributed by atoms with van der Waals surface area (Å²) in [6.07, 6.45) is 0. The van der Waals surface area contributed by atoms with E-state index in [4.69, 9.17) is 60.6 Å². The normalized spacial score (nSPS) is 16.8. The monoisotopic (exact) mass is 786 g/mol. The molecular formula is C36H37N8O7P3. The first-order valence-electron chi connectivity index (χ1n) is 16.2. The molecule has 0 aromatic heterocycles. The Morgan fingerprint density at radius 2 is 0.796 bits per heavy atom. The molecule has 1 aliphatic heterocycles. The fourth-order valence-electron chi connectivity index (χ4n) is 5.00. The molecule has 0 aliphatic carbocycles. The van der Waals surface area contributed by atoms with Gasteiger partial charge in [-0.05, 0) is 0 Å². The van der Waals surface area contributed by atoms with E-state index in [9.17, 15) is 5.11 Å². The average Bonchev–Trinajstić information content (AvgIpc) is 3.16. The van der Waals surface area contributed by atoms with Crippen LogP contribution in [-0.4, -0.2) is 9.71 Å². The van der Waals surface area contributed by atoms with Gasteiger partial charge in [0.25, 0.3) is 0 Å². The van der Waals surface area contributed by atoms with Crippen LogP contribution < -0.4 is 61.0 Å². The molecular weight excluding hydrogens is 749 g/mol. The van der Waals surface area contributed by atoms with Crippen molar-refractivity contribution in [2.24, 2.45) is 4.52 Å². The number of benzene rings is 6. The third-order valence-electron chi connectivity index (χ3n) is 7.60. The van der Waals surface area contributed by atoms with Crippen molar-refractivity contribution in [3.8, 4) is 40.2 Å². The maximum atomic E-state index is 10.3. The molecule has 0 bridgehead atoms. The van der Waals surface area contributed by atoms with Gasteiger partial charge in [0, 0.05) is 0 Å². The Balaban J connectivity index is 1.56. The summed E-state index contributed by atoms with van der Waals surface area (Å²) in [5.74, 6) is 1.57. The number of aromatic hydroxyl groups is 1. The first-order valence-corrected chi connectivity index (χ1v) is 20.6. The molecule has 6 aromatic carbocycles. The van der Waals surface area contributed by atoms with E-state index < -0.39 is 24.1 Å². The van der Waals surface area contributed by atoms with Gasteiger partial charge < -0.3 is 0 Å². The van der Waals surface area contributed by atoms with Crippen LogP contribution in [0.2, 0.25) is 0 Å². The van der Waals surface area contributed by atoms with Crippen LogP contribution in [0.25, 0.3) is 0 Å². The first kappa shape index (κ1) is 36.3. The van der Waals surface area contributed by atoms with Crippen molar-refractivity contribution in [1.82, 2.24) is 9.46 Å². The van der Waals surface area contributed by atoms with Gasteiger partial charge in [0.15, 0.2) is 0 Å². The Morgan fingerprint density at radius 3 is 1.17 bits per heavy atom. The van der Waals surface area contributed by atoms with Crippen molar-refractivity contribution < 1.29 is 32.6 Å². The summed E-state index contributed by atoms with van der Waals surface area (Å²) in [6.45, 7) is 0. The van der Waals surface area contributed by atoms with Crippen LogP contribution in [0.3, 0.4) is 0 Å². The Bertz CT molecular complexity index is 2100. The van der Waals surface area contributed by atoms with Crippen LogP contribution in [0.4, 0.5) is 28.4 Å². The first-order chi connectivity index (χ1) is 26.0. The van der Waals surface area contributed by atoms with Crippen molar-refractivity contribution in [1.29, 1.82) is 0 Å². The molecule has 0 fully saturated rings. The summed E-state index contributed by atoms with van der Waals surface area (Å²) in [7, 11) is -10.2. The van der Waals surface area contributed by atoms with Crippen molar-refractivity contribution in [2.45, 2.75) is 0 Å². The quantitative estimate of drug-likeness (QED) is 0.0455. The summed E-state index contributed by atoms with van der Waals surface area (Å²) in [6, 6.07) is 39.2. The topological polar surface area (TPSA) is 233 Å². The van der Waals surface area contributed by atoms with Gasteiger partial charge in [-0.1, -0.05) is 0 Å². The molecule has 0 saturated carbocycles. The summed E-state index contributed by atoms with van der Waals surface area (Å²) in [4.78, 5) is 10.3. The van der Waals surface area contributed by atoms with Crippen molar-refractivity contribution in [2.75, 3.05) is 28.7 Å². The van der Waals surface area contributed by atoms with Crippen molar-refractivity contribution in [3.05, 3.63) is 146 Å². The number of nitrogen functional groups attached to an aromatic ring is 5. The molecule has 1 aliphatic rings. The van der Waals surface area contributed by atoms with Gasteiger partial charge in [0.1, 0.15) is 0 Å². The Kier molecular flexibility index (Phi) is 9.91. The molecule has 15 nitrogen and oxygen atoms in total. The second kappa shape index (κ2) is 14.7. The van der Waals surface area contributed by atoms with E-state index in [1.807, 2.05) is 0 Å². The summed E-state index contributed by atoms with van der Waals surface area (Å²) >= 11 is 0. The number of nitrogens with zero attached hydrogens (tertiary/aromatic N) is 2. The number of hydrogen-bond donors (Lipinski definition) is 7. The fourth-order valence-corrected chi connectivity index (χ4v) is 14.4. The maximum absolute atomic E-state index is 10.3. The molecule has 12 N–H and O–H groups in total. The molecule has 18 heteroatoms. The van der Waals surface area contributed by atoms with Crippen LogP contribution in [0.1, 0.15) is 0 Å². The third-order valence-corrected chi connectivity index (χ3v) is 16.2. The Labute approximate surface area is 312 Å². The molecule has 54 heavy (non-hydrogen) atoms. The number of nitrogens with one attached hydrogen (secondary N) is 1. The Hall–Kier alpha value is -6.07. The second-order valence-corrected chi connectivity index (χ2v) is 18.3. The van der Waals surface area contributed by atoms with E-state index in [1.54, 1.807) is 133 Å². The van der Waals surface area contributed by atoms with Gasteiger partial charge in [0.2, 0.25) is 0 Å². The third kappa shape index (κ3) is 7.81. The molecule has 0 radical (unpaired) electrons. The van der Waals surface area contributed by atoms with Gasteiger partial charge in [-0.15, -0.1) is 0 Å². The van der Waals surface area contributed by atoms with E-state index in [0.29, 0.717) is 39.9 Å². The second-order valence-electron chi connectivity index (χ2n) is 11.8. The number of nitrogens with two attached hydrogens (primary N) is 5. The SMILES string of the molecule is Nc1ccc(ON2P(Oc3ccc(N)cc3)(Oc3ccc(N)cc3)=NPNP2(Oc2ccc(N)cc2)(Oc2ccc(N)cc2)Oc2ccc(O)cc2)cc1. The zero-order valence-electron chi connectivity index (χ0n) is 28.4. The summed E-state index contributed by atoms with van der Waals surface area (Å²) < 4.78 is 41.3. The number of phenolic OH excluding ortho intramolecular Hbond substituents is 1. The zero-order valence-corrected chi connectivity index (χ0v) is 31.2. The molecule has 1 unspecified atom stereocenters. The molecule has 0 spiro atoms. The van der Waals surface area contributed by atoms with E-state index in [0.717, 1.165) is 0 Å². The molecule has 1 atom stereocenters. The Morgan fingerprint density at radius 1 is 0.481 bits per heavy atom. The summed E-state index contributed by atoms with van der Waals surface area (Å²) in [5.41, 5.74) is 32.9. The van der Waals surface area contributed by atoms with Gasteiger partial charge in [-0.3, -0.25) is 0 Å². The minimum absolute atomic E-state index is 0.00584. The van der Waals surface area contributed by atoms with Crippen LogP contribution in [0.5, 0.6) is 40.2 Å². The van der Waals surface area contributed by atoms with E-state index in [1.165, 1.54) is 16.7 Å².